The monoisotopic (exact) mass is 442 g/mol. The SMILES string of the molecule is CC(C)=CCC/C(C)=C/CC/C(C)=C/CC/C=C(\C)CC/C=C(\C)CCC(O)OC1CC1. The van der Waals surface area contributed by atoms with E-state index in [2.05, 4.69) is 71.9 Å². The van der Waals surface area contributed by atoms with Gasteiger partial charge in [0, 0.05) is 6.42 Å². The van der Waals surface area contributed by atoms with Crippen molar-refractivity contribution < 1.29 is 9.84 Å². The molecule has 2 nitrogen and oxygen atoms in total. The maximum Gasteiger partial charge on any atom is 0.155 e. The quantitative estimate of drug-likeness (QED) is 0.138. The normalized spacial score (nSPS) is 17.0. The predicted octanol–water partition coefficient (Wildman–Crippen LogP) is 9.14. The zero-order valence-corrected chi connectivity index (χ0v) is 21.9. The van der Waals surface area contributed by atoms with Crippen molar-refractivity contribution in [3.8, 4) is 0 Å². The van der Waals surface area contributed by atoms with Gasteiger partial charge in [0.05, 0.1) is 6.10 Å². The molecule has 0 bridgehead atoms. The molecule has 1 N–H and O–H groups in total. The van der Waals surface area contributed by atoms with E-state index in [1.165, 1.54) is 47.1 Å². The van der Waals surface area contributed by atoms with Crippen LogP contribution in [0, 0.1) is 0 Å². The largest absolute Gasteiger partial charge is 0.368 e. The van der Waals surface area contributed by atoms with Crippen LogP contribution >= 0.6 is 0 Å². The molecule has 0 amide bonds. The molecule has 0 aromatic rings. The zero-order valence-electron chi connectivity index (χ0n) is 21.9. The maximum atomic E-state index is 9.83. The lowest BCUT2D eigenvalue weighted by Gasteiger charge is -2.11. The number of hydrogen-bond acceptors (Lipinski definition) is 2. The minimum absolute atomic E-state index is 0.323. The van der Waals surface area contributed by atoms with Crippen LogP contribution in [0.1, 0.15) is 119 Å². The van der Waals surface area contributed by atoms with Gasteiger partial charge in [-0.2, -0.15) is 0 Å². The van der Waals surface area contributed by atoms with Gasteiger partial charge in [-0.15, -0.1) is 0 Å². The van der Waals surface area contributed by atoms with Gasteiger partial charge in [-0.3, -0.25) is 0 Å². The van der Waals surface area contributed by atoms with Gasteiger partial charge in [-0.05, 0) is 112 Å². The highest BCUT2D eigenvalue weighted by molar-refractivity contribution is 5.07. The molecule has 0 saturated heterocycles. The van der Waals surface area contributed by atoms with Crippen LogP contribution in [-0.2, 0) is 4.74 Å². The van der Waals surface area contributed by atoms with E-state index in [-0.39, 0.29) is 0 Å². The van der Waals surface area contributed by atoms with Gasteiger partial charge < -0.3 is 9.84 Å². The topological polar surface area (TPSA) is 29.5 Å². The summed E-state index contributed by atoms with van der Waals surface area (Å²) < 4.78 is 5.49. The van der Waals surface area contributed by atoms with Crippen molar-refractivity contribution in [1.29, 1.82) is 0 Å². The average Bonchev–Trinajstić information content (AvgIpc) is 3.53. The first-order valence-electron chi connectivity index (χ1n) is 12.9. The van der Waals surface area contributed by atoms with Gasteiger partial charge in [0.1, 0.15) is 0 Å². The summed E-state index contributed by atoms with van der Waals surface area (Å²) in [5.41, 5.74) is 7.28. The summed E-state index contributed by atoms with van der Waals surface area (Å²) in [6.45, 7) is 13.3. The minimum Gasteiger partial charge on any atom is -0.368 e. The van der Waals surface area contributed by atoms with E-state index in [4.69, 9.17) is 4.74 Å². The van der Waals surface area contributed by atoms with E-state index in [0.29, 0.717) is 12.5 Å². The van der Waals surface area contributed by atoms with Gasteiger partial charge >= 0.3 is 0 Å². The molecule has 1 atom stereocenters. The minimum atomic E-state index is -0.586. The molecule has 1 saturated carbocycles. The van der Waals surface area contributed by atoms with Crippen LogP contribution in [0.25, 0.3) is 0 Å². The first kappa shape index (κ1) is 28.7. The molecule has 0 spiro atoms. The summed E-state index contributed by atoms with van der Waals surface area (Å²) >= 11 is 0. The lowest BCUT2D eigenvalue weighted by atomic mass is 10.0. The van der Waals surface area contributed by atoms with Crippen LogP contribution in [0.15, 0.2) is 58.2 Å². The van der Waals surface area contributed by atoms with Crippen molar-refractivity contribution >= 4 is 0 Å². The molecule has 0 aromatic heterocycles. The number of ether oxygens (including phenoxy) is 1. The Balaban J connectivity index is 2.14. The molecule has 2 heteroatoms. The molecule has 1 aliphatic rings. The summed E-state index contributed by atoms with van der Waals surface area (Å²) in [5.74, 6) is 0. The van der Waals surface area contributed by atoms with Crippen LogP contribution in [-0.4, -0.2) is 17.5 Å². The Bertz CT molecular complexity index is 667. The van der Waals surface area contributed by atoms with E-state index in [1.54, 1.807) is 0 Å². The summed E-state index contributed by atoms with van der Waals surface area (Å²) in [7, 11) is 0. The van der Waals surface area contributed by atoms with Crippen molar-refractivity contribution in [3.63, 3.8) is 0 Å². The molecule has 0 aromatic carbocycles. The third-order valence-electron chi connectivity index (χ3n) is 5.97. The van der Waals surface area contributed by atoms with E-state index in [0.717, 1.165) is 51.4 Å². The molecule has 0 heterocycles. The third-order valence-corrected chi connectivity index (χ3v) is 5.97. The second-order valence-electron chi connectivity index (χ2n) is 10.0. The van der Waals surface area contributed by atoms with Gasteiger partial charge in [-0.25, -0.2) is 0 Å². The Morgan fingerprint density at radius 3 is 1.50 bits per heavy atom. The number of aliphatic hydroxyl groups is 1. The fourth-order valence-corrected chi connectivity index (χ4v) is 3.59. The molecular weight excluding hydrogens is 392 g/mol. The van der Waals surface area contributed by atoms with Crippen molar-refractivity contribution in [2.75, 3.05) is 0 Å². The number of hydrogen-bond donors (Lipinski definition) is 1. The van der Waals surface area contributed by atoms with Gasteiger partial charge in [-0.1, -0.05) is 58.2 Å². The lowest BCUT2D eigenvalue weighted by Crippen LogP contribution is -2.13. The van der Waals surface area contributed by atoms with E-state index in [9.17, 15) is 5.11 Å². The Labute approximate surface area is 199 Å². The fourth-order valence-electron chi connectivity index (χ4n) is 3.59. The summed E-state index contributed by atoms with van der Waals surface area (Å²) in [6, 6.07) is 0. The molecule has 1 unspecified atom stereocenters. The first-order valence-corrected chi connectivity index (χ1v) is 12.9. The lowest BCUT2D eigenvalue weighted by molar-refractivity contribution is -0.111. The van der Waals surface area contributed by atoms with Crippen LogP contribution in [0.2, 0.25) is 0 Å². The second kappa shape index (κ2) is 17.1. The first-order chi connectivity index (χ1) is 15.3. The Morgan fingerprint density at radius 2 is 1.06 bits per heavy atom. The van der Waals surface area contributed by atoms with Gasteiger partial charge in [0.25, 0.3) is 0 Å². The molecule has 0 radical (unpaired) electrons. The van der Waals surface area contributed by atoms with Gasteiger partial charge in [0.15, 0.2) is 6.29 Å². The van der Waals surface area contributed by atoms with E-state index >= 15 is 0 Å². The smallest absolute Gasteiger partial charge is 0.155 e. The average molecular weight is 443 g/mol. The second-order valence-corrected chi connectivity index (χ2v) is 10.0. The molecule has 32 heavy (non-hydrogen) atoms. The number of aliphatic hydroxyl groups excluding tert-OH is 1. The number of unbranched alkanes of at least 4 members (excludes halogenated alkanes) is 1. The van der Waals surface area contributed by atoms with Crippen LogP contribution in [0.3, 0.4) is 0 Å². The number of rotatable bonds is 17. The highest BCUT2D eigenvalue weighted by Crippen LogP contribution is 2.26. The molecule has 1 rings (SSSR count). The Morgan fingerprint density at radius 1 is 0.656 bits per heavy atom. The van der Waals surface area contributed by atoms with Crippen molar-refractivity contribution in [2.45, 2.75) is 131 Å². The summed E-state index contributed by atoms with van der Waals surface area (Å²) in [6.07, 6.45) is 24.6. The van der Waals surface area contributed by atoms with Gasteiger partial charge in [0.2, 0.25) is 0 Å². The van der Waals surface area contributed by atoms with Crippen molar-refractivity contribution in [3.05, 3.63) is 58.2 Å². The fraction of sp³-hybridized carbons (Fsp3) is 0.667. The molecule has 0 aliphatic heterocycles. The van der Waals surface area contributed by atoms with Crippen LogP contribution < -0.4 is 0 Å². The Kier molecular flexibility index (Phi) is 15.3. The summed E-state index contributed by atoms with van der Waals surface area (Å²) in [4.78, 5) is 0. The van der Waals surface area contributed by atoms with Crippen LogP contribution in [0.4, 0.5) is 0 Å². The predicted molar refractivity (Wildman–Crippen MR) is 141 cm³/mol. The standard InChI is InChI=1S/C30H50O2/c1-24(2)12-9-15-27(5)18-10-16-25(3)13-7-8-14-26(4)17-11-19-28(6)20-23-30(31)32-29-21-22-29/h12-14,18-19,29-31H,7-11,15-17,20-23H2,1-6H3/b25-13+,26-14+,27-18+,28-19+. The zero-order chi connectivity index (χ0) is 23.8. The van der Waals surface area contributed by atoms with E-state index < -0.39 is 6.29 Å². The third kappa shape index (κ3) is 17.2. The van der Waals surface area contributed by atoms with Crippen LogP contribution in [0.5, 0.6) is 0 Å². The van der Waals surface area contributed by atoms with Crippen molar-refractivity contribution in [1.82, 2.24) is 0 Å². The maximum absolute atomic E-state index is 9.83. The Hall–Kier alpha value is -1.38. The molecule has 1 fully saturated rings. The highest BCUT2D eigenvalue weighted by atomic mass is 16.6. The van der Waals surface area contributed by atoms with Crippen molar-refractivity contribution in [2.24, 2.45) is 0 Å². The molecular formula is C30H50O2. The van der Waals surface area contributed by atoms with E-state index in [1.807, 2.05) is 0 Å². The summed E-state index contributed by atoms with van der Waals surface area (Å²) in [5, 5.41) is 9.83. The highest BCUT2D eigenvalue weighted by Gasteiger charge is 2.25. The molecule has 1 aliphatic carbocycles. The number of allylic oxidation sites excluding steroid dienone is 10. The molecule has 182 valence electrons.